The van der Waals surface area contributed by atoms with Crippen LogP contribution in [0.15, 0.2) is 72.9 Å². The van der Waals surface area contributed by atoms with Crippen LogP contribution in [0.5, 0.6) is 0 Å². The maximum absolute atomic E-state index is 12.8. The predicted octanol–water partition coefficient (Wildman–Crippen LogP) is 18.6. The molecule has 380 valence electrons. The number of carbonyl (C=O) groups excluding carboxylic acids is 3. The van der Waals surface area contributed by atoms with E-state index in [4.69, 9.17) is 14.2 Å². The molecule has 0 aromatic rings. The first-order chi connectivity index (χ1) is 32.5. The standard InChI is InChI=1S/C60H104O6/c1-4-7-10-13-16-19-22-25-27-29-31-33-35-38-41-44-47-50-53-59(62)65-56-57(55-64-58(61)52-49-46-43-40-37-24-21-18-15-12-9-6-3)66-60(63)54-51-48-45-42-39-36-34-32-30-28-26-23-20-17-14-11-8-5-2/h9,12,18,21-22,25,27,29,31,33,37,40,57H,4-8,10-11,13-17,19-20,23-24,26,28,30,32,34-36,38-39,41-56H2,1-3H3/b12-9-,21-18-,25-22-,29-27-,33-31-,40-37-. The zero-order valence-corrected chi connectivity index (χ0v) is 43.4. The molecule has 0 radical (unpaired) electrons. The van der Waals surface area contributed by atoms with Crippen LogP contribution in [0.25, 0.3) is 0 Å². The summed E-state index contributed by atoms with van der Waals surface area (Å²) in [5, 5.41) is 0. The topological polar surface area (TPSA) is 78.9 Å². The van der Waals surface area contributed by atoms with Gasteiger partial charge >= 0.3 is 17.9 Å². The second-order valence-corrected chi connectivity index (χ2v) is 18.5. The molecule has 0 aliphatic heterocycles. The minimum atomic E-state index is -0.798. The molecule has 0 N–H and O–H groups in total. The molecule has 0 saturated carbocycles. The summed E-state index contributed by atoms with van der Waals surface area (Å²) < 4.78 is 16.8. The lowest BCUT2D eigenvalue weighted by Gasteiger charge is -2.18. The highest BCUT2D eigenvalue weighted by atomic mass is 16.6. The Balaban J connectivity index is 4.41. The van der Waals surface area contributed by atoms with E-state index in [9.17, 15) is 14.4 Å². The summed E-state index contributed by atoms with van der Waals surface area (Å²) in [6, 6.07) is 0. The van der Waals surface area contributed by atoms with E-state index in [1.54, 1.807) is 0 Å². The Morgan fingerprint density at radius 1 is 0.333 bits per heavy atom. The van der Waals surface area contributed by atoms with Crippen molar-refractivity contribution < 1.29 is 28.6 Å². The molecule has 6 nitrogen and oxygen atoms in total. The van der Waals surface area contributed by atoms with Gasteiger partial charge in [0, 0.05) is 19.3 Å². The molecule has 0 amide bonds. The van der Waals surface area contributed by atoms with Crippen LogP contribution in [0, 0.1) is 0 Å². The summed E-state index contributed by atoms with van der Waals surface area (Å²) in [5.41, 5.74) is 0. The van der Waals surface area contributed by atoms with Crippen molar-refractivity contribution in [3.05, 3.63) is 72.9 Å². The molecule has 66 heavy (non-hydrogen) atoms. The highest BCUT2D eigenvalue weighted by molar-refractivity contribution is 5.71. The van der Waals surface area contributed by atoms with Gasteiger partial charge in [0.2, 0.25) is 0 Å². The SMILES string of the molecule is CC/C=C\C/C=C\C/C=C\CCCCC(=O)OCC(COC(=O)CCCCCCC\C=C/C=C\C=C/CCCCCCC)OC(=O)CCCCCCCCCCCCCCCCCCCC. The van der Waals surface area contributed by atoms with Gasteiger partial charge in [-0.05, 0) is 77.0 Å². The van der Waals surface area contributed by atoms with E-state index >= 15 is 0 Å². The Bertz CT molecular complexity index is 1240. The molecule has 0 aliphatic rings. The number of unbranched alkanes of at least 4 members (excludes halogenated alkanes) is 29. The summed E-state index contributed by atoms with van der Waals surface area (Å²) in [6.07, 6.45) is 69.0. The fourth-order valence-electron chi connectivity index (χ4n) is 7.81. The van der Waals surface area contributed by atoms with Crippen LogP contribution in [-0.2, 0) is 28.6 Å². The fourth-order valence-corrected chi connectivity index (χ4v) is 7.81. The monoisotopic (exact) mass is 921 g/mol. The summed E-state index contributed by atoms with van der Waals surface area (Å²) in [7, 11) is 0. The van der Waals surface area contributed by atoms with Gasteiger partial charge in [-0.15, -0.1) is 0 Å². The summed E-state index contributed by atoms with van der Waals surface area (Å²) >= 11 is 0. The van der Waals surface area contributed by atoms with Crippen LogP contribution in [0.2, 0.25) is 0 Å². The van der Waals surface area contributed by atoms with Crippen molar-refractivity contribution in [3.63, 3.8) is 0 Å². The molecule has 0 aromatic carbocycles. The van der Waals surface area contributed by atoms with Gasteiger partial charge in [0.1, 0.15) is 13.2 Å². The molecular weight excluding hydrogens is 817 g/mol. The Kier molecular flexibility index (Phi) is 51.9. The van der Waals surface area contributed by atoms with Crippen LogP contribution in [0.1, 0.15) is 271 Å². The Morgan fingerprint density at radius 3 is 1.08 bits per heavy atom. The number of hydrogen-bond acceptors (Lipinski definition) is 6. The smallest absolute Gasteiger partial charge is 0.306 e. The average molecular weight is 921 g/mol. The molecule has 0 rings (SSSR count). The van der Waals surface area contributed by atoms with Crippen molar-refractivity contribution in [2.45, 2.75) is 277 Å². The second kappa shape index (κ2) is 54.5. The van der Waals surface area contributed by atoms with Crippen LogP contribution in [-0.4, -0.2) is 37.2 Å². The van der Waals surface area contributed by atoms with Crippen molar-refractivity contribution in [2.75, 3.05) is 13.2 Å². The fraction of sp³-hybridized carbons (Fsp3) is 0.750. The Morgan fingerprint density at radius 2 is 0.652 bits per heavy atom. The minimum Gasteiger partial charge on any atom is -0.462 e. The van der Waals surface area contributed by atoms with E-state index in [-0.39, 0.29) is 31.1 Å². The first-order valence-electron chi connectivity index (χ1n) is 28.0. The second-order valence-electron chi connectivity index (χ2n) is 18.5. The van der Waals surface area contributed by atoms with Crippen LogP contribution >= 0.6 is 0 Å². The van der Waals surface area contributed by atoms with E-state index < -0.39 is 6.10 Å². The molecular formula is C60H104O6. The molecule has 0 bridgehead atoms. The molecule has 0 aromatic heterocycles. The van der Waals surface area contributed by atoms with Gasteiger partial charge in [0.25, 0.3) is 0 Å². The van der Waals surface area contributed by atoms with Crippen molar-refractivity contribution in [1.82, 2.24) is 0 Å². The van der Waals surface area contributed by atoms with Gasteiger partial charge in [-0.1, -0.05) is 248 Å². The average Bonchev–Trinajstić information content (AvgIpc) is 3.31. The van der Waals surface area contributed by atoms with E-state index in [0.29, 0.717) is 19.3 Å². The number of hydrogen-bond donors (Lipinski definition) is 0. The third kappa shape index (κ3) is 51.8. The molecule has 0 spiro atoms. The number of esters is 3. The van der Waals surface area contributed by atoms with E-state index in [0.717, 1.165) is 103 Å². The maximum Gasteiger partial charge on any atom is 0.306 e. The number of rotatable bonds is 50. The van der Waals surface area contributed by atoms with Gasteiger partial charge in [-0.3, -0.25) is 14.4 Å². The molecule has 1 atom stereocenters. The van der Waals surface area contributed by atoms with Gasteiger partial charge < -0.3 is 14.2 Å². The number of allylic oxidation sites excluding steroid dienone is 12. The predicted molar refractivity (Wildman–Crippen MR) is 284 cm³/mol. The van der Waals surface area contributed by atoms with Crippen LogP contribution < -0.4 is 0 Å². The largest absolute Gasteiger partial charge is 0.462 e. The van der Waals surface area contributed by atoms with Gasteiger partial charge in [0.05, 0.1) is 0 Å². The minimum absolute atomic E-state index is 0.0965. The first-order valence-corrected chi connectivity index (χ1v) is 28.0. The maximum atomic E-state index is 12.8. The Labute approximate surface area is 408 Å². The summed E-state index contributed by atoms with van der Waals surface area (Å²) in [6.45, 7) is 6.48. The van der Waals surface area contributed by atoms with Gasteiger partial charge in [0.15, 0.2) is 6.10 Å². The van der Waals surface area contributed by atoms with Crippen LogP contribution in [0.3, 0.4) is 0 Å². The third-order valence-corrected chi connectivity index (χ3v) is 12.0. The normalized spacial score (nSPS) is 12.6. The third-order valence-electron chi connectivity index (χ3n) is 12.0. The molecule has 1 unspecified atom stereocenters. The molecule has 0 aliphatic carbocycles. The molecule has 0 saturated heterocycles. The van der Waals surface area contributed by atoms with Crippen molar-refractivity contribution in [1.29, 1.82) is 0 Å². The zero-order valence-electron chi connectivity index (χ0n) is 43.4. The van der Waals surface area contributed by atoms with Crippen LogP contribution in [0.4, 0.5) is 0 Å². The van der Waals surface area contributed by atoms with Crippen molar-refractivity contribution >= 4 is 17.9 Å². The van der Waals surface area contributed by atoms with Gasteiger partial charge in [-0.25, -0.2) is 0 Å². The van der Waals surface area contributed by atoms with E-state index in [1.165, 1.54) is 128 Å². The Hall–Kier alpha value is -3.15. The molecule has 0 heterocycles. The molecule has 6 heteroatoms. The number of carbonyl (C=O) groups is 3. The zero-order chi connectivity index (χ0) is 47.9. The van der Waals surface area contributed by atoms with Gasteiger partial charge in [-0.2, -0.15) is 0 Å². The van der Waals surface area contributed by atoms with Crippen molar-refractivity contribution in [2.24, 2.45) is 0 Å². The lowest BCUT2D eigenvalue weighted by atomic mass is 10.0. The van der Waals surface area contributed by atoms with E-state index in [2.05, 4.69) is 93.7 Å². The highest BCUT2D eigenvalue weighted by Crippen LogP contribution is 2.16. The summed E-state index contributed by atoms with van der Waals surface area (Å²) in [4.78, 5) is 38.1. The summed E-state index contributed by atoms with van der Waals surface area (Å²) in [5.74, 6) is -0.947. The van der Waals surface area contributed by atoms with Crippen molar-refractivity contribution in [3.8, 4) is 0 Å². The molecule has 0 fully saturated rings. The highest BCUT2D eigenvalue weighted by Gasteiger charge is 2.19. The number of ether oxygens (including phenoxy) is 3. The lowest BCUT2D eigenvalue weighted by Crippen LogP contribution is -2.30. The lowest BCUT2D eigenvalue weighted by molar-refractivity contribution is -0.167. The van der Waals surface area contributed by atoms with E-state index in [1.807, 2.05) is 0 Å². The first kappa shape index (κ1) is 62.8. The quantitative estimate of drug-likeness (QED) is 0.0199.